The molecule has 0 saturated heterocycles. The maximum Gasteiger partial charge on any atom is 0.0406 e. The van der Waals surface area contributed by atoms with Crippen molar-refractivity contribution in [3.8, 4) is 0 Å². The van der Waals surface area contributed by atoms with Gasteiger partial charge in [-0.05, 0) is 117 Å². The highest BCUT2D eigenvalue weighted by Crippen LogP contribution is 2.50. The van der Waals surface area contributed by atoms with E-state index in [0.29, 0.717) is 0 Å². The predicted molar refractivity (Wildman–Crippen MR) is 108 cm³/mol. The van der Waals surface area contributed by atoms with Gasteiger partial charge in [-0.1, -0.05) is 29.8 Å². The van der Waals surface area contributed by atoms with Gasteiger partial charge < -0.3 is 0 Å². The first-order chi connectivity index (χ1) is 12.2. The number of hydrogen-bond donors (Lipinski definition) is 0. The lowest BCUT2D eigenvalue weighted by Crippen LogP contribution is -2.34. The third kappa shape index (κ3) is 4.00. The molecule has 0 N–H and O–H groups in total. The Balaban J connectivity index is 1.32. The number of benzene rings is 1. The van der Waals surface area contributed by atoms with Crippen LogP contribution in [0.4, 0.5) is 0 Å². The van der Waals surface area contributed by atoms with E-state index < -0.39 is 0 Å². The Kier molecular flexibility index (Phi) is 5.56. The molecule has 3 aliphatic rings. The molecule has 1 aromatic carbocycles. The standard InChI is InChI=1S/C24H33Cl/c1-2-17-3-5-18(6-4-17)20-7-9-23-16-21(8-10-22(23)15-20)19-11-13-24(25)14-12-19/h2,11-14,17-18,20-23H,1,3-10,15-16H2. The molecule has 3 saturated carbocycles. The summed E-state index contributed by atoms with van der Waals surface area (Å²) in [5, 5.41) is 0.865. The van der Waals surface area contributed by atoms with Crippen LogP contribution in [-0.2, 0) is 0 Å². The van der Waals surface area contributed by atoms with E-state index in [1.165, 1.54) is 69.8 Å². The quantitative estimate of drug-likeness (QED) is 0.488. The maximum absolute atomic E-state index is 6.06. The molecule has 25 heavy (non-hydrogen) atoms. The first-order valence-electron chi connectivity index (χ1n) is 10.6. The van der Waals surface area contributed by atoms with Crippen LogP contribution in [0, 0.1) is 29.6 Å². The van der Waals surface area contributed by atoms with E-state index in [2.05, 4.69) is 36.9 Å². The molecule has 0 heterocycles. The Labute approximate surface area is 159 Å². The zero-order valence-electron chi connectivity index (χ0n) is 15.5. The minimum absolute atomic E-state index is 0.776. The van der Waals surface area contributed by atoms with E-state index in [0.717, 1.165) is 40.5 Å². The van der Waals surface area contributed by atoms with E-state index >= 15 is 0 Å². The lowest BCUT2D eigenvalue weighted by Gasteiger charge is -2.45. The predicted octanol–water partition coefficient (Wildman–Crippen LogP) is 7.63. The van der Waals surface area contributed by atoms with E-state index in [4.69, 9.17) is 11.6 Å². The zero-order chi connectivity index (χ0) is 17.2. The Bertz CT molecular complexity index is 566. The van der Waals surface area contributed by atoms with Crippen LogP contribution in [0.5, 0.6) is 0 Å². The molecule has 3 fully saturated rings. The van der Waals surface area contributed by atoms with Gasteiger partial charge in [0.05, 0.1) is 0 Å². The van der Waals surface area contributed by atoms with Crippen LogP contribution in [0.1, 0.15) is 75.7 Å². The van der Waals surface area contributed by atoms with Gasteiger partial charge in [0.1, 0.15) is 0 Å². The minimum Gasteiger partial charge on any atom is -0.103 e. The number of fused-ring (bicyclic) bond motifs is 1. The van der Waals surface area contributed by atoms with Gasteiger partial charge in [-0.15, -0.1) is 6.58 Å². The summed E-state index contributed by atoms with van der Waals surface area (Å²) in [4.78, 5) is 0. The lowest BCUT2D eigenvalue weighted by molar-refractivity contribution is 0.0748. The SMILES string of the molecule is C=CC1CCC(C2CCC3CC(c4ccc(Cl)cc4)CCC3C2)CC1. The molecule has 3 aliphatic carbocycles. The molecular weight excluding hydrogens is 324 g/mol. The Morgan fingerprint density at radius 1 is 0.720 bits per heavy atom. The number of rotatable bonds is 3. The lowest BCUT2D eigenvalue weighted by atomic mass is 9.60. The summed E-state index contributed by atoms with van der Waals surface area (Å²) in [6, 6.07) is 8.66. The molecular formula is C24H33Cl. The summed E-state index contributed by atoms with van der Waals surface area (Å²) < 4.78 is 0. The van der Waals surface area contributed by atoms with Gasteiger partial charge in [-0.2, -0.15) is 0 Å². The second kappa shape index (κ2) is 7.87. The Hall–Kier alpha value is -0.750. The van der Waals surface area contributed by atoms with E-state index in [1.807, 2.05) is 0 Å². The summed E-state index contributed by atoms with van der Waals surface area (Å²) in [7, 11) is 0. The largest absolute Gasteiger partial charge is 0.103 e. The minimum atomic E-state index is 0.776. The van der Waals surface area contributed by atoms with Crippen molar-refractivity contribution in [2.75, 3.05) is 0 Å². The third-order valence-electron chi connectivity index (χ3n) is 7.81. The molecule has 0 amide bonds. The van der Waals surface area contributed by atoms with Gasteiger partial charge in [0.15, 0.2) is 0 Å². The Morgan fingerprint density at radius 2 is 1.28 bits per heavy atom. The van der Waals surface area contributed by atoms with Crippen molar-refractivity contribution in [1.82, 2.24) is 0 Å². The summed E-state index contributed by atoms with van der Waals surface area (Å²) >= 11 is 6.06. The van der Waals surface area contributed by atoms with Gasteiger partial charge >= 0.3 is 0 Å². The van der Waals surface area contributed by atoms with Crippen molar-refractivity contribution in [3.05, 3.63) is 47.5 Å². The molecule has 0 nitrogen and oxygen atoms in total. The van der Waals surface area contributed by atoms with Crippen LogP contribution in [0.25, 0.3) is 0 Å². The molecule has 4 rings (SSSR count). The maximum atomic E-state index is 6.06. The second-order valence-corrected chi connectivity index (χ2v) is 9.50. The molecule has 0 radical (unpaired) electrons. The van der Waals surface area contributed by atoms with Gasteiger partial charge in [0.25, 0.3) is 0 Å². The first kappa shape index (κ1) is 17.7. The van der Waals surface area contributed by atoms with Gasteiger partial charge in [0.2, 0.25) is 0 Å². The molecule has 1 aromatic rings. The number of allylic oxidation sites excluding steroid dienone is 1. The van der Waals surface area contributed by atoms with Crippen LogP contribution < -0.4 is 0 Å². The van der Waals surface area contributed by atoms with Gasteiger partial charge in [0, 0.05) is 5.02 Å². The summed E-state index contributed by atoms with van der Waals surface area (Å²) in [5.41, 5.74) is 1.52. The van der Waals surface area contributed by atoms with Crippen molar-refractivity contribution in [3.63, 3.8) is 0 Å². The van der Waals surface area contributed by atoms with E-state index in [-0.39, 0.29) is 0 Å². The Morgan fingerprint density at radius 3 is 1.96 bits per heavy atom. The zero-order valence-corrected chi connectivity index (χ0v) is 16.3. The van der Waals surface area contributed by atoms with Crippen molar-refractivity contribution >= 4 is 11.6 Å². The monoisotopic (exact) mass is 356 g/mol. The first-order valence-corrected chi connectivity index (χ1v) is 11.0. The highest BCUT2D eigenvalue weighted by atomic mass is 35.5. The average Bonchev–Trinajstić information content (AvgIpc) is 2.68. The van der Waals surface area contributed by atoms with Crippen LogP contribution in [-0.4, -0.2) is 0 Å². The highest BCUT2D eigenvalue weighted by molar-refractivity contribution is 6.30. The normalized spacial score (nSPS) is 38.8. The smallest absolute Gasteiger partial charge is 0.0406 e. The fraction of sp³-hybridized carbons (Fsp3) is 0.667. The molecule has 0 spiro atoms. The molecule has 0 aromatic heterocycles. The summed E-state index contributed by atoms with van der Waals surface area (Å²) in [6.07, 6.45) is 16.7. The van der Waals surface area contributed by atoms with E-state index in [1.54, 1.807) is 0 Å². The molecule has 0 aliphatic heterocycles. The van der Waals surface area contributed by atoms with E-state index in [9.17, 15) is 0 Å². The fourth-order valence-electron chi connectivity index (χ4n) is 6.24. The third-order valence-corrected chi connectivity index (χ3v) is 8.06. The molecule has 1 heteroatoms. The van der Waals surface area contributed by atoms with Gasteiger partial charge in [-0.3, -0.25) is 0 Å². The van der Waals surface area contributed by atoms with Crippen molar-refractivity contribution in [2.24, 2.45) is 29.6 Å². The van der Waals surface area contributed by atoms with Crippen LogP contribution in [0.3, 0.4) is 0 Å². The summed E-state index contributed by atoms with van der Waals surface area (Å²) in [6.45, 7) is 4.01. The van der Waals surface area contributed by atoms with Crippen LogP contribution in [0.2, 0.25) is 5.02 Å². The van der Waals surface area contributed by atoms with Crippen molar-refractivity contribution < 1.29 is 0 Å². The molecule has 4 unspecified atom stereocenters. The molecule has 0 bridgehead atoms. The van der Waals surface area contributed by atoms with Gasteiger partial charge in [-0.25, -0.2) is 0 Å². The average molecular weight is 357 g/mol. The molecule has 4 atom stereocenters. The summed E-state index contributed by atoms with van der Waals surface area (Å²) in [5.74, 6) is 5.63. The number of halogens is 1. The fourth-order valence-corrected chi connectivity index (χ4v) is 6.37. The highest BCUT2D eigenvalue weighted by Gasteiger charge is 2.38. The van der Waals surface area contributed by atoms with Crippen molar-refractivity contribution in [1.29, 1.82) is 0 Å². The number of hydrogen-bond acceptors (Lipinski definition) is 0. The molecule has 136 valence electrons. The van der Waals surface area contributed by atoms with Crippen LogP contribution >= 0.6 is 11.6 Å². The van der Waals surface area contributed by atoms with Crippen LogP contribution in [0.15, 0.2) is 36.9 Å². The van der Waals surface area contributed by atoms with Crippen molar-refractivity contribution in [2.45, 2.75) is 70.1 Å². The topological polar surface area (TPSA) is 0 Å². The second-order valence-electron chi connectivity index (χ2n) is 9.07.